The van der Waals surface area contributed by atoms with Gasteiger partial charge in [0.15, 0.2) is 0 Å². The summed E-state index contributed by atoms with van der Waals surface area (Å²) in [6.07, 6.45) is 52.2. The van der Waals surface area contributed by atoms with Crippen LogP contribution in [0.3, 0.4) is 0 Å². The second-order valence-corrected chi connectivity index (χ2v) is 17.2. The van der Waals surface area contributed by atoms with Crippen molar-refractivity contribution < 1.29 is 25.2 Å². The van der Waals surface area contributed by atoms with Gasteiger partial charge in [0.25, 0.3) is 0 Å². The van der Waals surface area contributed by atoms with Crippen LogP contribution in [0.4, 0.5) is 0 Å². The predicted octanol–water partition coefficient (Wildman–Crippen LogP) is 13.5. The summed E-state index contributed by atoms with van der Waals surface area (Å²) in [4.78, 5) is 12.5. The molecule has 0 radical (unpaired) electrons. The number of aliphatic hydroxyl groups excluding tert-OH is 4. The topological polar surface area (TPSA) is 110 Å². The molecule has 0 fully saturated rings. The Morgan fingerprint density at radius 2 is 0.768 bits per heavy atom. The Bertz CT molecular complexity index is 847. The Kier molecular flexibility index (Phi) is 43.9. The van der Waals surface area contributed by atoms with Gasteiger partial charge in [0, 0.05) is 0 Å². The average molecular weight is 792 g/mol. The highest BCUT2D eigenvalue weighted by Crippen LogP contribution is 2.17. The average Bonchev–Trinajstić information content (AvgIpc) is 3.20. The molecule has 0 heterocycles. The molecular formula is C50H97NO5. The van der Waals surface area contributed by atoms with E-state index >= 15 is 0 Å². The number of carbonyl (C=O) groups is 1. The second-order valence-electron chi connectivity index (χ2n) is 17.2. The normalized spacial score (nSPS) is 14.2. The summed E-state index contributed by atoms with van der Waals surface area (Å²) in [7, 11) is 0. The largest absolute Gasteiger partial charge is 0.394 e. The summed E-state index contributed by atoms with van der Waals surface area (Å²) in [6.45, 7) is 4.04. The van der Waals surface area contributed by atoms with Gasteiger partial charge in [-0.05, 0) is 44.9 Å². The third-order valence-electron chi connectivity index (χ3n) is 11.7. The monoisotopic (exact) mass is 792 g/mol. The fourth-order valence-corrected chi connectivity index (χ4v) is 7.73. The number of rotatable bonds is 45. The molecular weight excluding hydrogens is 695 g/mol. The smallest absolute Gasteiger partial charge is 0.249 e. The molecule has 0 bridgehead atoms. The zero-order valence-corrected chi connectivity index (χ0v) is 37.4. The van der Waals surface area contributed by atoms with Crippen LogP contribution in [0.5, 0.6) is 0 Å². The summed E-state index contributed by atoms with van der Waals surface area (Å²) in [5.74, 6) is -0.590. The minimum atomic E-state index is -1.26. The van der Waals surface area contributed by atoms with Gasteiger partial charge in [0.05, 0.1) is 18.8 Å². The highest BCUT2D eigenvalue weighted by Gasteiger charge is 2.28. The molecule has 332 valence electrons. The number of allylic oxidation sites excluding steroid dienone is 4. The molecule has 0 saturated carbocycles. The van der Waals surface area contributed by atoms with Crippen molar-refractivity contribution in [1.29, 1.82) is 0 Å². The van der Waals surface area contributed by atoms with Gasteiger partial charge in [-0.3, -0.25) is 4.79 Å². The Hall–Kier alpha value is -1.21. The van der Waals surface area contributed by atoms with Crippen molar-refractivity contribution in [1.82, 2.24) is 5.32 Å². The molecule has 5 N–H and O–H groups in total. The van der Waals surface area contributed by atoms with Crippen LogP contribution < -0.4 is 5.32 Å². The summed E-state index contributed by atoms with van der Waals surface area (Å²) in [5, 5.41) is 43.8. The lowest BCUT2D eigenvalue weighted by molar-refractivity contribution is -0.132. The van der Waals surface area contributed by atoms with E-state index < -0.39 is 36.9 Å². The van der Waals surface area contributed by atoms with Crippen LogP contribution in [0.1, 0.15) is 258 Å². The summed E-state index contributed by atoms with van der Waals surface area (Å²) >= 11 is 0. The zero-order chi connectivity index (χ0) is 41.0. The third-order valence-corrected chi connectivity index (χ3v) is 11.7. The minimum absolute atomic E-state index is 0.358. The van der Waals surface area contributed by atoms with Crippen molar-refractivity contribution in [2.75, 3.05) is 6.61 Å². The fraction of sp³-hybridized carbons (Fsp3) is 0.900. The molecule has 0 rings (SSSR count). The van der Waals surface area contributed by atoms with E-state index in [1.54, 1.807) is 0 Å². The molecule has 6 heteroatoms. The first-order valence-electron chi connectivity index (χ1n) is 24.7. The van der Waals surface area contributed by atoms with Crippen LogP contribution >= 0.6 is 0 Å². The first-order chi connectivity index (χ1) is 27.5. The summed E-state index contributed by atoms with van der Waals surface area (Å²) in [5.41, 5.74) is 0. The number of unbranched alkanes of at least 4 members (excludes halogenated alkanes) is 32. The van der Waals surface area contributed by atoms with Gasteiger partial charge in [-0.25, -0.2) is 0 Å². The van der Waals surface area contributed by atoms with Gasteiger partial charge in [-0.15, -0.1) is 0 Å². The van der Waals surface area contributed by atoms with E-state index in [-0.39, 0.29) is 0 Å². The van der Waals surface area contributed by atoms with Crippen molar-refractivity contribution >= 4 is 5.91 Å². The number of hydrogen-bond donors (Lipinski definition) is 5. The maximum absolute atomic E-state index is 12.5. The Morgan fingerprint density at radius 1 is 0.446 bits per heavy atom. The van der Waals surface area contributed by atoms with Crippen molar-refractivity contribution in [3.63, 3.8) is 0 Å². The van der Waals surface area contributed by atoms with E-state index in [2.05, 4.69) is 43.5 Å². The van der Waals surface area contributed by atoms with Crippen LogP contribution in [0, 0.1) is 0 Å². The summed E-state index contributed by atoms with van der Waals surface area (Å²) in [6, 6.07) is -0.989. The van der Waals surface area contributed by atoms with Gasteiger partial charge in [-0.2, -0.15) is 0 Å². The molecule has 1 amide bonds. The van der Waals surface area contributed by atoms with Crippen molar-refractivity contribution in [3.8, 4) is 0 Å². The van der Waals surface area contributed by atoms with E-state index in [0.29, 0.717) is 12.8 Å². The molecule has 6 nitrogen and oxygen atoms in total. The molecule has 0 aliphatic heterocycles. The van der Waals surface area contributed by atoms with Gasteiger partial charge in [-0.1, -0.05) is 237 Å². The SMILES string of the molecule is CCCCC/C=C\C/C=C\CCCCCCCCC(O)C(=O)NC(CO)C(O)C(O)CCCCCCCCCCCCCCCCCCCCCCCCCC. The van der Waals surface area contributed by atoms with Gasteiger partial charge >= 0.3 is 0 Å². The number of amides is 1. The molecule has 0 aromatic heterocycles. The van der Waals surface area contributed by atoms with Crippen molar-refractivity contribution in [3.05, 3.63) is 24.3 Å². The van der Waals surface area contributed by atoms with Crippen molar-refractivity contribution in [2.45, 2.75) is 282 Å². The molecule has 0 aliphatic rings. The molecule has 0 spiro atoms. The van der Waals surface area contributed by atoms with Crippen LogP contribution in [-0.2, 0) is 4.79 Å². The Morgan fingerprint density at radius 3 is 1.16 bits per heavy atom. The molecule has 0 saturated heterocycles. The van der Waals surface area contributed by atoms with Crippen LogP contribution in [0.2, 0.25) is 0 Å². The van der Waals surface area contributed by atoms with E-state index in [9.17, 15) is 25.2 Å². The molecule has 4 unspecified atom stereocenters. The molecule has 0 aromatic rings. The Balaban J connectivity index is 3.66. The zero-order valence-electron chi connectivity index (χ0n) is 37.4. The van der Waals surface area contributed by atoms with Gasteiger partial charge in [0.1, 0.15) is 12.2 Å². The molecule has 0 aromatic carbocycles. The van der Waals surface area contributed by atoms with Crippen LogP contribution in [0.15, 0.2) is 24.3 Å². The second kappa shape index (κ2) is 44.9. The molecule has 4 atom stereocenters. The highest BCUT2D eigenvalue weighted by molar-refractivity contribution is 5.80. The number of carbonyl (C=O) groups excluding carboxylic acids is 1. The highest BCUT2D eigenvalue weighted by atomic mass is 16.3. The van der Waals surface area contributed by atoms with Crippen LogP contribution in [-0.4, -0.2) is 57.3 Å². The third kappa shape index (κ3) is 38.3. The number of hydrogen-bond acceptors (Lipinski definition) is 5. The maximum Gasteiger partial charge on any atom is 0.249 e. The van der Waals surface area contributed by atoms with Crippen LogP contribution in [0.25, 0.3) is 0 Å². The van der Waals surface area contributed by atoms with E-state index in [1.165, 1.54) is 173 Å². The molecule has 0 aliphatic carbocycles. The number of aliphatic hydroxyl groups is 4. The minimum Gasteiger partial charge on any atom is -0.394 e. The Labute approximate surface area is 348 Å². The van der Waals surface area contributed by atoms with E-state index in [0.717, 1.165) is 57.8 Å². The number of nitrogens with one attached hydrogen (secondary N) is 1. The lowest BCUT2D eigenvalue weighted by Gasteiger charge is -2.27. The predicted molar refractivity (Wildman–Crippen MR) is 242 cm³/mol. The lowest BCUT2D eigenvalue weighted by atomic mass is 9.99. The standard InChI is InChI=1S/C50H97NO5/c1-3-5-7-9-11-13-15-17-19-21-22-23-24-25-26-27-28-30-31-33-35-37-39-41-43-47(53)49(55)46(45-52)51-50(56)48(54)44-42-40-38-36-34-32-29-20-18-16-14-12-10-8-6-4-2/h12,14,18,20,46-49,52-55H,3-11,13,15-17,19,21-45H2,1-2H3,(H,51,56)/b14-12-,20-18-. The quantitative estimate of drug-likeness (QED) is 0.0312. The summed E-state index contributed by atoms with van der Waals surface area (Å²) < 4.78 is 0. The van der Waals surface area contributed by atoms with Gasteiger partial charge in [0.2, 0.25) is 5.91 Å². The molecule has 56 heavy (non-hydrogen) atoms. The fourth-order valence-electron chi connectivity index (χ4n) is 7.73. The van der Waals surface area contributed by atoms with Crippen molar-refractivity contribution in [2.24, 2.45) is 0 Å². The van der Waals surface area contributed by atoms with Gasteiger partial charge < -0.3 is 25.7 Å². The lowest BCUT2D eigenvalue weighted by Crippen LogP contribution is -2.53. The maximum atomic E-state index is 12.5. The van der Waals surface area contributed by atoms with E-state index in [1.807, 2.05) is 0 Å². The first kappa shape index (κ1) is 54.8. The first-order valence-corrected chi connectivity index (χ1v) is 24.7. The van der Waals surface area contributed by atoms with E-state index in [4.69, 9.17) is 0 Å².